The molecule has 0 N–H and O–H groups in total. The Balaban J connectivity index is 1.44. The molecule has 3 aliphatic rings. The van der Waals surface area contributed by atoms with E-state index in [0.717, 1.165) is 6.42 Å². The van der Waals surface area contributed by atoms with E-state index < -0.39 is 10.0 Å². The number of anilines is 2. The molecule has 0 saturated carbocycles. The summed E-state index contributed by atoms with van der Waals surface area (Å²) in [5.41, 5.74) is 1.52. The molecule has 2 atom stereocenters. The predicted molar refractivity (Wildman–Crippen MR) is 157 cm³/mol. The monoisotopic (exact) mass is 637 g/mol. The van der Waals surface area contributed by atoms with Crippen molar-refractivity contribution in [3.63, 3.8) is 0 Å². The highest BCUT2D eigenvalue weighted by atomic mass is 79.9. The van der Waals surface area contributed by atoms with Gasteiger partial charge in [-0.25, -0.2) is 8.42 Å². The minimum Gasteiger partial charge on any atom is -0.466 e. The van der Waals surface area contributed by atoms with E-state index in [1.54, 1.807) is 19.2 Å². The van der Waals surface area contributed by atoms with Crippen LogP contribution in [0.5, 0.6) is 0 Å². The SMILES string of the molecule is CCOC(=O)C1CCCN(c2c(N3CCN(S(=O)(=O)C4=CCC(Br)S4)CC3)cnn(-c3ccccc3)c2=O)C1. The fourth-order valence-corrected chi connectivity index (χ4v) is 9.38. The first-order chi connectivity index (χ1) is 18.8. The third-order valence-electron chi connectivity index (χ3n) is 7.18. The fraction of sp³-hybridized carbons (Fsp3) is 0.500. The van der Waals surface area contributed by atoms with Gasteiger partial charge in [-0.1, -0.05) is 52.0 Å². The summed E-state index contributed by atoms with van der Waals surface area (Å²) in [6, 6.07) is 9.23. The number of hydrogen-bond acceptors (Lipinski definition) is 9. The quantitative estimate of drug-likeness (QED) is 0.334. The average molecular weight is 639 g/mol. The maximum atomic E-state index is 14.0. The van der Waals surface area contributed by atoms with Crippen LogP contribution in [0.4, 0.5) is 11.4 Å². The van der Waals surface area contributed by atoms with Crippen LogP contribution >= 0.6 is 27.7 Å². The number of ether oxygens (including phenoxy) is 1. The summed E-state index contributed by atoms with van der Waals surface area (Å²) in [4.78, 5) is 30.5. The summed E-state index contributed by atoms with van der Waals surface area (Å²) >= 11 is 4.81. The maximum Gasteiger partial charge on any atom is 0.310 e. The minimum atomic E-state index is -3.55. The molecule has 2 saturated heterocycles. The van der Waals surface area contributed by atoms with Crippen LogP contribution in [0.15, 0.2) is 51.6 Å². The first-order valence-electron chi connectivity index (χ1n) is 13.1. The van der Waals surface area contributed by atoms with Gasteiger partial charge in [0.25, 0.3) is 5.56 Å². The first kappa shape index (κ1) is 28.2. The molecule has 210 valence electrons. The Kier molecular flexibility index (Phi) is 8.69. The molecule has 13 heteroatoms. The zero-order chi connectivity index (χ0) is 27.6. The van der Waals surface area contributed by atoms with Gasteiger partial charge >= 0.3 is 5.97 Å². The highest BCUT2D eigenvalue weighted by Crippen LogP contribution is 2.40. The van der Waals surface area contributed by atoms with Gasteiger partial charge in [-0.05, 0) is 38.3 Å². The lowest BCUT2D eigenvalue weighted by Gasteiger charge is -2.39. The number of para-hydroxylation sites is 1. The van der Waals surface area contributed by atoms with E-state index in [0.29, 0.717) is 80.0 Å². The van der Waals surface area contributed by atoms with Crippen molar-refractivity contribution in [1.29, 1.82) is 0 Å². The van der Waals surface area contributed by atoms with Crippen molar-refractivity contribution in [3.05, 3.63) is 57.2 Å². The zero-order valence-electron chi connectivity index (χ0n) is 21.7. The summed E-state index contributed by atoms with van der Waals surface area (Å²) in [5, 5.41) is 4.50. The molecular weight excluding hydrogens is 606 g/mol. The molecule has 0 spiro atoms. The Morgan fingerprint density at radius 3 is 2.54 bits per heavy atom. The molecule has 0 aliphatic carbocycles. The highest BCUT2D eigenvalue weighted by molar-refractivity contribution is 9.11. The molecule has 3 aliphatic heterocycles. The van der Waals surface area contributed by atoms with Crippen LogP contribution in [0.1, 0.15) is 26.2 Å². The number of hydrogen-bond donors (Lipinski definition) is 0. The topological polar surface area (TPSA) is 105 Å². The van der Waals surface area contributed by atoms with Gasteiger partial charge in [0, 0.05) is 39.3 Å². The summed E-state index contributed by atoms with van der Waals surface area (Å²) < 4.78 is 35.0. The number of aromatic nitrogens is 2. The number of allylic oxidation sites excluding steroid dienone is 1. The summed E-state index contributed by atoms with van der Waals surface area (Å²) in [6.45, 7) is 4.58. The number of benzene rings is 1. The van der Waals surface area contributed by atoms with Crippen molar-refractivity contribution in [2.24, 2.45) is 5.92 Å². The van der Waals surface area contributed by atoms with Crippen molar-refractivity contribution in [2.45, 2.75) is 30.3 Å². The van der Waals surface area contributed by atoms with Crippen molar-refractivity contribution in [3.8, 4) is 5.69 Å². The van der Waals surface area contributed by atoms with E-state index in [2.05, 4.69) is 21.0 Å². The third kappa shape index (κ3) is 5.91. The van der Waals surface area contributed by atoms with Gasteiger partial charge in [0.2, 0.25) is 10.0 Å². The molecular formula is C26H32BrN5O5S2. The van der Waals surface area contributed by atoms with E-state index >= 15 is 0 Å². The van der Waals surface area contributed by atoms with Gasteiger partial charge in [0.1, 0.15) is 9.92 Å². The number of piperazine rings is 1. The Bertz CT molecular complexity index is 1390. The number of halogens is 1. The predicted octanol–water partition coefficient (Wildman–Crippen LogP) is 3.16. The Morgan fingerprint density at radius 2 is 1.87 bits per heavy atom. The maximum absolute atomic E-state index is 14.0. The zero-order valence-corrected chi connectivity index (χ0v) is 25.0. The Hall–Kier alpha value is -2.35. The normalized spacial score (nSPS) is 22.6. The van der Waals surface area contributed by atoms with Crippen molar-refractivity contribution in [1.82, 2.24) is 14.1 Å². The fourth-order valence-electron chi connectivity index (χ4n) is 5.22. The van der Waals surface area contributed by atoms with Crippen LogP contribution in [0.3, 0.4) is 0 Å². The number of sulfonamides is 1. The van der Waals surface area contributed by atoms with Gasteiger partial charge in [0.05, 0.1) is 34.3 Å². The summed E-state index contributed by atoms with van der Waals surface area (Å²) in [5.74, 6) is -0.563. The Labute approximate surface area is 241 Å². The van der Waals surface area contributed by atoms with E-state index in [1.165, 1.54) is 20.7 Å². The summed E-state index contributed by atoms with van der Waals surface area (Å²) in [7, 11) is -3.55. The van der Waals surface area contributed by atoms with E-state index in [-0.39, 0.29) is 21.6 Å². The number of thioether (sulfide) groups is 1. The second-order valence-corrected chi connectivity index (χ2v) is 14.8. The lowest BCUT2D eigenvalue weighted by molar-refractivity contribution is -0.148. The number of esters is 1. The molecule has 0 amide bonds. The van der Waals surface area contributed by atoms with Crippen LogP contribution in [0.25, 0.3) is 5.69 Å². The van der Waals surface area contributed by atoms with Crippen molar-refractivity contribution < 1.29 is 17.9 Å². The van der Waals surface area contributed by atoms with E-state index in [4.69, 9.17) is 4.74 Å². The number of carbonyl (C=O) groups is 1. The second kappa shape index (κ2) is 12.0. The van der Waals surface area contributed by atoms with E-state index in [9.17, 15) is 18.0 Å². The molecule has 10 nitrogen and oxygen atoms in total. The number of nitrogens with zero attached hydrogens (tertiary/aromatic N) is 5. The summed E-state index contributed by atoms with van der Waals surface area (Å²) in [6.07, 6.45) is 5.60. The smallest absolute Gasteiger partial charge is 0.310 e. The number of piperidine rings is 1. The van der Waals surface area contributed by atoms with Gasteiger partial charge < -0.3 is 14.5 Å². The third-order valence-corrected chi connectivity index (χ3v) is 11.6. The van der Waals surface area contributed by atoms with Crippen LogP contribution in [-0.4, -0.2) is 78.5 Å². The molecule has 4 heterocycles. The molecule has 5 rings (SSSR count). The van der Waals surface area contributed by atoms with Crippen LogP contribution < -0.4 is 15.4 Å². The standard InChI is InChI=1S/C26H32BrN5O5S2/c1-2-37-26(34)19-7-6-12-30(18-19)24-21(17-28-32(25(24)33)20-8-4-3-5-9-20)29-13-15-31(16-14-29)39(35,36)23-11-10-22(27)38-23/h3-5,8-9,11,17,19,22H,2,6-7,10,12-16,18H2,1H3. The molecule has 2 aromatic rings. The lowest BCUT2D eigenvalue weighted by Crippen LogP contribution is -2.50. The van der Waals surface area contributed by atoms with Crippen LogP contribution in [0, 0.1) is 5.92 Å². The van der Waals surface area contributed by atoms with Crippen molar-refractivity contribution in [2.75, 3.05) is 55.7 Å². The lowest BCUT2D eigenvalue weighted by atomic mass is 9.97. The molecule has 39 heavy (non-hydrogen) atoms. The average Bonchev–Trinajstić information content (AvgIpc) is 3.41. The largest absolute Gasteiger partial charge is 0.466 e. The van der Waals surface area contributed by atoms with Gasteiger partial charge in [-0.15, -0.1) is 0 Å². The van der Waals surface area contributed by atoms with Crippen LogP contribution in [-0.2, 0) is 19.6 Å². The number of carbonyl (C=O) groups excluding carboxylic acids is 1. The van der Waals surface area contributed by atoms with Gasteiger partial charge in [-0.3, -0.25) is 9.59 Å². The molecule has 1 aromatic heterocycles. The van der Waals surface area contributed by atoms with E-state index in [1.807, 2.05) is 40.1 Å². The highest BCUT2D eigenvalue weighted by Gasteiger charge is 2.36. The van der Waals surface area contributed by atoms with Gasteiger partial charge in [-0.2, -0.15) is 14.1 Å². The van der Waals surface area contributed by atoms with Crippen molar-refractivity contribution >= 4 is 55.1 Å². The molecule has 1 aromatic carbocycles. The van der Waals surface area contributed by atoms with Crippen LogP contribution in [0.2, 0.25) is 0 Å². The minimum absolute atomic E-state index is 0.0799. The first-order valence-corrected chi connectivity index (χ1v) is 16.4. The molecule has 0 bridgehead atoms. The molecule has 2 fully saturated rings. The number of alkyl halides is 1. The second-order valence-electron chi connectivity index (χ2n) is 9.65. The van der Waals surface area contributed by atoms with Gasteiger partial charge in [0.15, 0.2) is 0 Å². The molecule has 2 unspecified atom stereocenters. The Morgan fingerprint density at radius 1 is 1.13 bits per heavy atom. The number of rotatable bonds is 7. The molecule has 0 radical (unpaired) electrons.